The zero-order valence-corrected chi connectivity index (χ0v) is 24.8. The van der Waals surface area contributed by atoms with Crippen molar-refractivity contribution in [3.05, 3.63) is 101 Å². The molecule has 1 fully saturated rings. The fraction of sp³-hybridized carbons (Fsp3) is 0.188. The van der Waals surface area contributed by atoms with Gasteiger partial charge in [-0.1, -0.05) is 17.7 Å². The summed E-state index contributed by atoms with van der Waals surface area (Å²) in [6.45, 7) is 4.19. The SMILES string of the molecule is Cc1ccc(S(=O)n2c(C(=O)c3cnn(-c4ccc5nc(C)[nH]c5c4)c3N)cc3cc(C(=O)N4CCC(F)C4)ccc32)cc1. The normalized spacial score (nSPS) is 15.8. The summed E-state index contributed by atoms with van der Waals surface area (Å²) in [6.07, 6.45) is 0.664. The topological polar surface area (TPSA) is 132 Å². The van der Waals surface area contributed by atoms with Crippen LogP contribution in [-0.2, 0) is 11.0 Å². The monoisotopic (exact) mass is 609 g/mol. The molecule has 2 atom stereocenters. The number of likely N-dealkylation sites (tertiary alicyclic amines) is 1. The number of nitrogens with two attached hydrogens (primary N) is 1. The number of aromatic nitrogens is 5. The first kappa shape index (κ1) is 27.7. The molecule has 3 aromatic heterocycles. The van der Waals surface area contributed by atoms with E-state index >= 15 is 0 Å². The third kappa shape index (κ3) is 4.67. The standard InChI is InChI=1S/C32H28FN7O3S/c1-18-3-7-24(8-4-18)44(43)40-28-10-5-20(32(42)38-12-11-22(33)17-38)13-21(28)14-29(40)30(41)25-16-35-39(31(25)34)23-6-9-26-27(15-23)37-19(2)36-26/h3-10,13-16,22H,11-12,17,34H2,1-2H3,(H,36,37). The van der Waals surface area contributed by atoms with Crippen molar-refractivity contribution >= 4 is 50.4 Å². The molecule has 0 spiro atoms. The van der Waals surface area contributed by atoms with Crippen LogP contribution in [-0.4, -0.2) is 63.8 Å². The lowest BCUT2D eigenvalue weighted by atomic mass is 10.1. The summed E-state index contributed by atoms with van der Waals surface area (Å²) in [4.78, 5) is 36.9. The van der Waals surface area contributed by atoms with E-state index in [1.807, 2.05) is 44.2 Å². The third-order valence-corrected chi connectivity index (χ3v) is 9.32. The number of hydrogen-bond acceptors (Lipinski definition) is 6. The molecule has 0 saturated carbocycles. The molecule has 1 saturated heterocycles. The highest BCUT2D eigenvalue weighted by Gasteiger charge is 2.29. The maximum absolute atomic E-state index is 14.2. The number of aryl methyl sites for hydroxylation is 2. The predicted molar refractivity (Wildman–Crippen MR) is 166 cm³/mol. The van der Waals surface area contributed by atoms with Gasteiger partial charge in [-0.3, -0.25) is 13.6 Å². The van der Waals surface area contributed by atoms with E-state index in [1.165, 1.54) is 19.8 Å². The van der Waals surface area contributed by atoms with E-state index in [9.17, 15) is 18.2 Å². The Hall–Kier alpha value is -5.10. The molecule has 12 heteroatoms. The molecular weight excluding hydrogens is 581 g/mol. The van der Waals surface area contributed by atoms with Crippen LogP contribution in [0.5, 0.6) is 0 Å². The number of nitrogens with zero attached hydrogens (tertiary/aromatic N) is 5. The van der Waals surface area contributed by atoms with Crippen LogP contribution in [0.15, 0.2) is 77.8 Å². The number of ketones is 1. The number of nitrogens with one attached hydrogen (secondary N) is 1. The number of carbonyl (C=O) groups is 2. The van der Waals surface area contributed by atoms with Gasteiger partial charge in [0.25, 0.3) is 5.91 Å². The van der Waals surface area contributed by atoms with E-state index in [-0.39, 0.29) is 29.5 Å². The maximum Gasteiger partial charge on any atom is 0.253 e. The number of imidazole rings is 1. The van der Waals surface area contributed by atoms with E-state index in [0.29, 0.717) is 40.0 Å². The van der Waals surface area contributed by atoms with Crippen molar-refractivity contribution in [2.75, 3.05) is 18.8 Å². The molecule has 44 heavy (non-hydrogen) atoms. The van der Waals surface area contributed by atoms with Crippen molar-refractivity contribution in [3.63, 3.8) is 0 Å². The first-order valence-corrected chi connectivity index (χ1v) is 15.2. The Labute approximate surface area is 253 Å². The lowest BCUT2D eigenvalue weighted by molar-refractivity contribution is 0.0783. The quantitative estimate of drug-likeness (QED) is 0.259. The second kappa shape index (κ2) is 10.6. The van der Waals surface area contributed by atoms with Crippen LogP contribution >= 0.6 is 0 Å². The van der Waals surface area contributed by atoms with E-state index in [0.717, 1.165) is 22.4 Å². The van der Waals surface area contributed by atoms with Gasteiger partial charge < -0.3 is 15.6 Å². The Kier molecular flexibility index (Phi) is 6.65. The molecule has 10 nitrogen and oxygen atoms in total. The molecular formula is C32H28FN7O3S. The number of alkyl halides is 1. The first-order chi connectivity index (χ1) is 21.2. The van der Waals surface area contributed by atoms with Gasteiger partial charge in [-0.15, -0.1) is 0 Å². The molecule has 7 rings (SSSR count). The number of rotatable bonds is 6. The van der Waals surface area contributed by atoms with Gasteiger partial charge in [0.1, 0.15) is 23.5 Å². The molecule has 0 aliphatic carbocycles. The summed E-state index contributed by atoms with van der Waals surface area (Å²) in [5.74, 6) is 0.126. The number of H-pyrrole nitrogens is 1. The minimum Gasteiger partial charge on any atom is -0.383 e. The van der Waals surface area contributed by atoms with Gasteiger partial charge in [0.15, 0.2) is 11.0 Å². The smallest absolute Gasteiger partial charge is 0.253 e. The van der Waals surface area contributed by atoms with Crippen molar-refractivity contribution in [2.45, 2.75) is 31.3 Å². The number of hydrogen-bond donors (Lipinski definition) is 2. The second-order valence-corrected chi connectivity index (χ2v) is 12.3. The number of nitrogen functional groups attached to an aromatic ring is 1. The molecule has 1 amide bonds. The van der Waals surface area contributed by atoms with Crippen molar-refractivity contribution in [2.24, 2.45) is 0 Å². The average molecular weight is 610 g/mol. The van der Waals surface area contributed by atoms with Crippen molar-refractivity contribution in [3.8, 4) is 5.69 Å². The van der Waals surface area contributed by atoms with Gasteiger partial charge in [-0.25, -0.2) is 18.3 Å². The van der Waals surface area contributed by atoms with Crippen molar-refractivity contribution in [1.82, 2.24) is 28.6 Å². The molecule has 3 aromatic carbocycles. The van der Waals surface area contributed by atoms with Gasteiger partial charge in [0.2, 0.25) is 5.78 Å². The fourth-order valence-electron chi connectivity index (χ4n) is 5.64. The summed E-state index contributed by atoms with van der Waals surface area (Å²) in [5.41, 5.74) is 10.9. The number of amides is 1. The Balaban J connectivity index is 1.32. The number of halogens is 1. The van der Waals surface area contributed by atoms with Crippen LogP contribution in [0.2, 0.25) is 0 Å². The Morgan fingerprint density at radius 3 is 2.59 bits per heavy atom. The summed E-state index contributed by atoms with van der Waals surface area (Å²) in [5, 5.41) is 4.94. The van der Waals surface area contributed by atoms with Gasteiger partial charge in [0.05, 0.1) is 45.4 Å². The van der Waals surface area contributed by atoms with Crippen LogP contribution in [0, 0.1) is 13.8 Å². The van der Waals surface area contributed by atoms with Crippen molar-refractivity contribution in [1.29, 1.82) is 0 Å². The molecule has 222 valence electrons. The highest BCUT2D eigenvalue weighted by molar-refractivity contribution is 7.83. The highest BCUT2D eigenvalue weighted by atomic mass is 32.2. The van der Waals surface area contributed by atoms with Crippen LogP contribution < -0.4 is 5.73 Å². The van der Waals surface area contributed by atoms with Crippen LogP contribution in [0.3, 0.4) is 0 Å². The van der Waals surface area contributed by atoms with Crippen molar-refractivity contribution < 1.29 is 18.2 Å². The van der Waals surface area contributed by atoms with Gasteiger partial charge in [-0.05, 0) is 74.9 Å². The van der Waals surface area contributed by atoms with Crippen LogP contribution in [0.4, 0.5) is 10.2 Å². The number of fused-ring (bicyclic) bond motifs is 2. The fourth-order valence-corrected chi connectivity index (χ4v) is 6.88. The Morgan fingerprint density at radius 2 is 1.84 bits per heavy atom. The Bertz CT molecular complexity index is 2130. The number of anilines is 1. The van der Waals surface area contributed by atoms with E-state index in [1.54, 1.807) is 36.4 Å². The Morgan fingerprint density at radius 1 is 1.05 bits per heavy atom. The predicted octanol–water partition coefficient (Wildman–Crippen LogP) is 4.89. The average Bonchev–Trinajstić information content (AvgIpc) is 3.80. The number of benzene rings is 3. The summed E-state index contributed by atoms with van der Waals surface area (Å²) in [6, 6.07) is 19.3. The minimum absolute atomic E-state index is 0.0508. The molecule has 6 aromatic rings. The summed E-state index contributed by atoms with van der Waals surface area (Å²) >= 11 is 0. The zero-order chi connectivity index (χ0) is 30.7. The van der Waals surface area contributed by atoms with Gasteiger partial charge in [0, 0.05) is 17.5 Å². The van der Waals surface area contributed by atoms with Gasteiger partial charge >= 0.3 is 0 Å². The minimum atomic E-state index is -1.81. The largest absolute Gasteiger partial charge is 0.383 e. The lowest BCUT2D eigenvalue weighted by Gasteiger charge is -2.15. The van der Waals surface area contributed by atoms with Crippen LogP contribution in [0.25, 0.3) is 27.6 Å². The molecule has 0 bridgehead atoms. The van der Waals surface area contributed by atoms with Gasteiger partial charge in [-0.2, -0.15) is 5.10 Å². The lowest BCUT2D eigenvalue weighted by Crippen LogP contribution is -2.28. The molecule has 0 radical (unpaired) electrons. The second-order valence-electron chi connectivity index (χ2n) is 11.0. The maximum atomic E-state index is 14.2. The highest BCUT2D eigenvalue weighted by Crippen LogP contribution is 2.30. The third-order valence-electron chi connectivity index (χ3n) is 7.92. The number of aromatic amines is 1. The summed E-state index contributed by atoms with van der Waals surface area (Å²) in [7, 11) is -1.81. The molecule has 1 aliphatic rings. The molecule has 1 aliphatic heterocycles. The first-order valence-electron chi connectivity index (χ1n) is 14.1. The number of carbonyl (C=O) groups excluding carboxylic acids is 2. The summed E-state index contributed by atoms with van der Waals surface area (Å²) < 4.78 is 30.8. The zero-order valence-electron chi connectivity index (χ0n) is 24.0. The molecule has 2 unspecified atom stereocenters. The molecule has 3 N–H and O–H groups in total. The van der Waals surface area contributed by atoms with E-state index < -0.39 is 22.9 Å². The van der Waals surface area contributed by atoms with E-state index in [4.69, 9.17) is 5.73 Å². The van der Waals surface area contributed by atoms with E-state index in [2.05, 4.69) is 15.1 Å². The molecule has 4 heterocycles. The van der Waals surface area contributed by atoms with Crippen LogP contribution in [0.1, 0.15) is 44.2 Å².